The van der Waals surface area contributed by atoms with E-state index in [2.05, 4.69) is 50.3 Å². The zero-order valence-electron chi connectivity index (χ0n) is 12.6. The van der Waals surface area contributed by atoms with Crippen LogP contribution in [0.1, 0.15) is 70.3 Å². The van der Waals surface area contributed by atoms with E-state index in [-0.39, 0.29) is 0 Å². The van der Waals surface area contributed by atoms with Gasteiger partial charge in [-0.1, -0.05) is 75.1 Å². The summed E-state index contributed by atoms with van der Waals surface area (Å²) in [4.78, 5) is 0. The molecule has 1 aliphatic carbocycles. The van der Waals surface area contributed by atoms with Crippen molar-refractivity contribution in [1.82, 2.24) is 0 Å². The van der Waals surface area contributed by atoms with Gasteiger partial charge in [-0.3, -0.25) is 0 Å². The molecule has 0 heterocycles. The molecule has 2 rings (SSSR count). The van der Waals surface area contributed by atoms with Gasteiger partial charge in [0.05, 0.1) is 0 Å². The Morgan fingerprint density at radius 1 is 1.16 bits per heavy atom. The second-order valence-corrected chi connectivity index (χ2v) is 5.93. The van der Waals surface area contributed by atoms with Gasteiger partial charge >= 0.3 is 0 Å². The maximum atomic E-state index is 2.56. The van der Waals surface area contributed by atoms with Crippen molar-refractivity contribution >= 4 is 0 Å². The van der Waals surface area contributed by atoms with E-state index in [0.717, 1.165) is 5.92 Å². The molecule has 0 bridgehead atoms. The Bertz CT molecular complexity index is 388. The fourth-order valence-electron chi connectivity index (χ4n) is 3.38. The zero-order valence-corrected chi connectivity index (χ0v) is 12.6. The summed E-state index contributed by atoms with van der Waals surface area (Å²) in [5.74, 6) is 1.62. The van der Waals surface area contributed by atoms with Crippen LogP contribution >= 0.6 is 0 Å². The van der Waals surface area contributed by atoms with E-state index in [4.69, 9.17) is 0 Å². The topological polar surface area (TPSA) is 0 Å². The molecule has 1 aromatic rings. The highest BCUT2D eigenvalue weighted by atomic mass is 14.2. The summed E-state index contributed by atoms with van der Waals surface area (Å²) >= 11 is 0. The van der Waals surface area contributed by atoms with Gasteiger partial charge in [0.15, 0.2) is 0 Å². The van der Waals surface area contributed by atoms with Gasteiger partial charge in [0, 0.05) is 5.92 Å². The number of rotatable bonds is 6. The van der Waals surface area contributed by atoms with Crippen molar-refractivity contribution in [3.63, 3.8) is 0 Å². The molecule has 0 aromatic heterocycles. The molecule has 0 saturated carbocycles. The largest absolute Gasteiger partial charge is 0.0844 e. The van der Waals surface area contributed by atoms with Gasteiger partial charge in [-0.25, -0.2) is 0 Å². The van der Waals surface area contributed by atoms with Gasteiger partial charge < -0.3 is 0 Å². The van der Waals surface area contributed by atoms with Crippen LogP contribution in [0.25, 0.3) is 0 Å². The average molecular weight is 256 g/mol. The van der Waals surface area contributed by atoms with Crippen LogP contribution in [-0.4, -0.2) is 0 Å². The van der Waals surface area contributed by atoms with Crippen molar-refractivity contribution in [3.8, 4) is 0 Å². The molecule has 2 unspecified atom stereocenters. The molecule has 0 fully saturated rings. The average Bonchev–Trinajstić information content (AvgIpc) is 2.48. The molecule has 0 aliphatic heterocycles. The summed E-state index contributed by atoms with van der Waals surface area (Å²) in [5, 5.41) is 0. The minimum atomic E-state index is 0.660. The molecular formula is C19H28. The Balaban J connectivity index is 1.99. The van der Waals surface area contributed by atoms with Crippen LogP contribution < -0.4 is 0 Å². The molecule has 0 spiro atoms. The molecule has 19 heavy (non-hydrogen) atoms. The lowest BCUT2D eigenvalue weighted by Crippen LogP contribution is -2.10. The Morgan fingerprint density at radius 3 is 2.53 bits per heavy atom. The lowest BCUT2D eigenvalue weighted by Gasteiger charge is -2.27. The van der Waals surface area contributed by atoms with E-state index in [1.54, 1.807) is 5.57 Å². The zero-order chi connectivity index (χ0) is 13.5. The van der Waals surface area contributed by atoms with E-state index in [9.17, 15) is 0 Å². The monoisotopic (exact) mass is 256 g/mol. The molecule has 0 heteroatoms. The molecule has 1 aliphatic rings. The molecule has 0 amide bonds. The highest BCUT2D eigenvalue weighted by molar-refractivity contribution is 5.29. The summed E-state index contributed by atoms with van der Waals surface area (Å²) in [6, 6.07) is 11.0. The Morgan fingerprint density at radius 2 is 1.95 bits per heavy atom. The third kappa shape index (κ3) is 3.96. The summed E-state index contributed by atoms with van der Waals surface area (Å²) in [5.41, 5.74) is 3.20. The summed E-state index contributed by atoms with van der Waals surface area (Å²) in [6.45, 7) is 4.62. The van der Waals surface area contributed by atoms with E-state index in [1.165, 1.54) is 50.5 Å². The highest BCUT2D eigenvalue weighted by Crippen LogP contribution is 2.36. The second-order valence-electron chi connectivity index (χ2n) is 5.93. The standard InChI is InChI=1S/C19H28/c1-3-5-9-16-12-14-18(15-13-16)19(4-2)17-10-7-6-8-11-17/h6-8,10-11,14,16,19H,3-5,9,12-13,15H2,1-2H3. The van der Waals surface area contributed by atoms with Gasteiger partial charge in [-0.2, -0.15) is 0 Å². The minimum Gasteiger partial charge on any atom is -0.0844 e. The van der Waals surface area contributed by atoms with E-state index >= 15 is 0 Å². The quantitative estimate of drug-likeness (QED) is 0.540. The molecule has 0 radical (unpaired) electrons. The van der Waals surface area contributed by atoms with Crippen molar-refractivity contribution < 1.29 is 0 Å². The number of hydrogen-bond acceptors (Lipinski definition) is 0. The maximum Gasteiger partial charge on any atom is 0.00455 e. The Hall–Kier alpha value is -1.04. The van der Waals surface area contributed by atoms with Gasteiger partial charge in [0.25, 0.3) is 0 Å². The van der Waals surface area contributed by atoms with Crippen LogP contribution in [0, 0.1) is 5.92 Å². The molecule has 2 atom stereocenters. The first-order chi connectivity index (χ1) is 9.35. The normalized spacial score (nSPS) is 20.9. The number of unbranched alkanes of at least 4 members (excludes halogenated alkanes) is 1. The van der Waals surface area contributed by atoms with E-state index in [0.29, 0.717) is 5.92 Å². The second kappa shape index (κ2) is 7.53. The smallest absolute Gasteiger partial charge is 0.00455 e. The minimum absolute atomic E-state index is 0.660. The number of allylic oxidation sites excluding steroid dienone is 2. The summed E-state index contributed by atoms with van der Waals surface area (Å²) < 4.78 is 0. The molecule has 0 saturated heterocycles. The van der Waals surface area contributed by atoms with Crippen molar-refractivity contribution in [1.29, 1.82) is 0 Å². The van der Waals surface area contributed by atoms with Gasteiger partial charge in [0.1, 0.15) is 0 Å². The van der Waals surface area contributed by atoms with E-state index < -0.39 is 0 Å². The first-order valence-electron chi connectivity index (χ1n) is 8.09. The third-order valence-corrected chi connectivity index (χ3v) is 4.58. The van der Waals surface area contributed by atoms with Crippen LogP contribution in [0.3, 0.4) is 0 Å². The fourth-order valence-corrected chi connectivity index (χ4v) is 3.38. The molecular weight excluding hydrogens is 228 g/mol. The van der Waals surface area contributed by atoms with Crippen LogP contribution in [0.15, 0.2) is 42.0 Å². The van der Waals surface area contributed by atoms with Crippen molar-refractivity contribution in [2.24, 2.45) is 5.92 Å². The Labute approximate surface area is 118 Å². The number of hydrogen-bond donors (Lipinski definition) is 0. The molecule has 0 N–H and O–H groups in total. The maximum absolute atomic E-state index is 2.56. The molecule has 104 valence electrons. The van der Waals surface area contributed by atoms with Crippen LogP contribution in [0.4, 0.5) is 0 Å². The summed E-state index contributed by atoms with van der Waals surface area (Å²) in [6.07, 6.45) is 12.0. The van der Waals surface area contributed by atoms with Gasteiger partial charge in [-0.15, -0.1) is 0 Å². The van der Waals surface area contributed by atoms with Gasteiger partial charge in [0.2, 0.25) is 0 Å². The number of benzene rings is 1. The van der Waals surface area contributed by atoms with E-state index in [1.807, 2.05) is 0 Å². The third-order valence-electron chi connectivity index (χ3n) is 4.58. The fraction of sp³-hybridized carbons (Fsp3) is 0.579. The highest BCUT2D eigenvalue weighted by Gasteiger charge is 2.20. The first kappa shape index (κ1) is 14.4. The lowest BCUT2D eigenvalue weighted by molar-refractivity contribution is 0.413. The van der Waals surface area contributed by atoms with Crippen molar-refractivity contribution in [2.75, 3.05) is 0 Å². The van der Waals surface area contributed by atoms with Crippen LogP contribution in [0.5, 0.6) is 0 Å². The Kier molecular flexibility index (Phi) is 5.69. The summed E-state index contributed by atoms with van der Waals surface area (Å²) in [7, 11) is 0. The first-order valence-corrected chi connectivity index (χ1v) is 8.09. The SMILES string of the molecule is CCCCC1CC=C(C(CC)c2ccccc2)CC1. The lowest BCUT2D eigenvalue weighted by atomic mass is 9.78. The predicted molar refractivity (Wildman–Crippen MR) is 84.4 cm³/mol. The van der Waals surface area contributed by atoms with Crippen molar-refractivity contribution in [2.45, 2.75) is 64.7 Å². The molecule has 0 nitrogen and oxygen atoms in total. The van der Waals surface area contributed by atoms with Gasteiger partial charge in [-0.05, 0) is 37.2 Å². The van der Waals surface area contributed by atoms with Crippen molar-refractivity contribution in [3.05, 3.63) is 47.5 Å². The van der Waals surface area contributed by atoms with Crippen LogP contribution in [0.2, 0.25) is 0 Å². The molecule has 1 aromatic carbocycles. The van der Waals surface area contributed by atoms with Crippen LogP contribution in [-0.2, 0) is 0 Å². The predicted octanol–water partition coefficient (Wildman–Crippen LogP) is 6.10.